The van der Waals surface area contributed by atoms with Crippen LogP contribution in [0.25, 0.3) is 0 Å². The van der Waals surface area contributed by atoms with Gasteiger partial charge in [-0.25, -0.2) is 0 Å². The Morgan fingerprint density at radius 3 is 2.40 bits per heavy atom. The molecule has 0 saturated carbocycles. The van der Waals surface area contributed by atoms with Crippen LogP contribution in [0.1, 0.15) is 32.6 Å². The van der Waals surface area contributed by atoms with E-state index in [9.17, 15) is 4.79 Å². The van der Waals surface area contributed by atoms with E-state index < -0.39 is 0 Å². The zero-order valence-electron chi connectivity index (χ0n) is 12.5. The standard InChI is InChI=1S/C15H27N3O2/c1-2-20-15(19)11-18-12-3-4-13(18)10-14(9-12)17-7-5-16-6-8-17/h12-14,16H,2-11H2,1H3/t12-,13?,14?/m1/s1. The van der Waals surface area contributed by atoms with Crippen molar-refractivity contribution in [3.05, 3.63) is 0 Å². The molecule has 0 radical (unpaired) electrons. The predicted molar refractivity (Wildman–Crippen MR) is 77.6 cm³/mol. The van der Waals surface area contributed by atoms with E-state index in [0.29, 0.717) is 25.2 Å². The summed E-state index contributed by atoms with van der Waals surface area (Å²) in [6, 6.07) is 1.92. The van der Waals surface area contributed by atoms with Crippen LogP contribution in [0.5, 0.6) is 0 Å². The Hall–Kier alpha value is -0.650. The number of hydrogen-bond acceptors (Lipinski definition) is 5. The first-order valence-electron chi connectivity index (χ1n) is 8.14. The first-order valence-corrected chi connectivity index (χ1v) is 8.14. The summed E-state index contributed by atoms with van der Waals surface area (Å²) in [5.74, 6) is -0.0509. The monoisotopic (exact) mass is 281 g/mol. The summed E-state index contributed by atoms with van der Waals surface area (Å²) in [6.45, 7) is 7.48. The first kappa shape index (κ1) is 14.3. The van der Waals surface area contributed by atoms with Gasteiger partial charge in [0.25, 0.3) is 0 Å². The molecule has 3 heterocycles. The summed E-state index contributed by atoms with van der Waals surface area (Å²) >= 11 is 0. The Kier molecular flexibility index (Phi) is 4.58. The molecule has 3 rings (SSSR count). The van der Waals surface area contributed by atoms with Crippen LogP contribution in [-0.4, -0.2) is 73.2 Å². The van der Waals surface area contributed by atoms with Crippen LogP contribution in [0.15, 0.2) is 0 Å². The number of rotatable bonds is 4. The van der Waals surface area contributed by atoms with Gasteiger partial charge in [0, 0.05) is 44.3 Å². The third-order valence-corrected chi connectivity index (χ3v) is 5.14. The van der Waals surface area contributed by atoms with Gasteiger partial charge in [0.05, 0.1) is 13.2 Å². The molecule has 0 aromatic carbocycles. The maximum atomic E-state index is 11.7. The molecular weight excluding hydrogens is 254 g/mol. The lowest BCUT2D eigenvalue weighted by Gasteiger charge is -2.44. The molecule has 5 nitrogen and oxygen atoms in total. The lowest BCUT2D eigenvalue weighted by atomic mass is 9.95. The first-order chi connectivity index (χ1) is 9.78. The van der Waals surface area contributed by atoms with Gasteiger partial charge in [-0.15, -0.1) is 0 Å². The normalized spacial score (nSPS) is 35.1. The number of piperazine rings is 1. The molecule has 3 aliphatic rings. The van der Waals surface area contributed by atoms with Crippen LogP contribution in [0.2, 0.25) is 0 Å². The molecule has 3 atom stereocenters. The largest absolute Gasteiger partial charge is 0.465 e. The van der Waals surface area contributed by atoms with Crippen LogP contribution in [-0.2, 0) is 9.53 Å². The van der Waals surface area contributed by atoms with Gasteiger partial charge in [-0.05, 0) is 32.6 Å². The van der Waals surface area contributed by atoms with E-state index >= 15 is 0 Å². The third-order valence-electron chi connectivity index (χ3n) is 5.14. The summed E-state index contributed by atoms with van der Waals surface area (Å²) in [7, 11) is 0. The van der Waals surface area contributed by atoms with Crippen LogP contribution >= 0.6 is 0 Å². The molecular formula is C15H27N3O2. The van der Waals surface area contributed by atoms with Crippen molar-refractivity contribution in [1.29, 1.82) is 0 Å². The second-order valence-electron chi connectivity index (χ2n) is 6.27. The van der Waals surface area contributed by atoms with Crippen molar-refractivity contribution in [2.45, 2.75) is 50.7 Å². The molecule has 0 aromatic heterocycles. The van der Waals surface area contributed by atoms with Gasteiger partial charge in [-0.2, -0.15) is 0 Å². The minimum absolute atomic E-state index is 0.0509. The zero-order chi connectivity index (χ0) is 13.9. The average Bonchev–Trinajstić information content (AvgIpc) is 2.71. The summed E-state index contributed by atoms with van der Waals surface area (Å²) in [5, 5.41) is 3.43. The molecule has 3 saturated heterocycles. The van der Waals surface area contributed by atoms with E-state index in [4.69, 9.17) is 4.74 Å². The van der Waals surface area contributed by atoms with E-state index in [0.717, 1.165) is 19.1 Å². The smallest absolute Gasteiger partial charge is 0.320 e. The second kappa shape index (κ2) is 6.41. The van der Waals surface area contributed by atoms with Gasteiger partial charge >= 0.3 is 5.97 Å². The maximum absolute atomic E-state index is 11.7. The highest BCUT2D eigenvalue weighted by atomic mass is 16.5. The highest BCUT2D eigenvalue weighted by Crippen LogP contribution is 2.37. The minimum atomic E-state index is -0.0509. The van der Waals surface area contributed by atoms with E-state index in [1.54, 1.807) is 0 Å². The Morgan fingerprint density at radius 1 is 1.15 bits per heavy atom. The van der Waals surface area contributed by atoms with Gasteiger partial charge in [-0.3, -0.25) is 14.6 Å². The van der Waals surface area contributed by atoms with Gasteiger partial charge in [-0.1, -0.05) is 0 Å². The summed E-state index contributed by atoms with van der Waals surface area (Å²) in [4.78, 5) is 16.8. The topological polar surface area (TPSA) is 44.8 Å². The van der Waals surface area contributed by atoms with Crippen molar-refractivity contribution in [3.8, 4) is 0 Å². The molecule has 114 valence electrons. The van der Waals surface area contributed by atoms with Crippen molar-refractivity contribution >= 4 is 5.97 Å². The summed E-state index contributed by atoms with van der Waals surface area (Å²) in [6.07, 6.45) is 4.98. The van der Waals surface area contributed by atoms with Crippen molar-refractivity contribution in [1.82, 2.24) is 15.1 Å². The summed E-state index contributed by atoms with van der Waals surface area (Å²) < 4.78 is 5.11. The molecule has 3 aliphatic heterocycles. The van der Waals surface area contributed by atoms with E-state index in [2.05, 4.69) is 15.1 Å². The summed E-state index contributed by atoms with van der Waals surface area (Å²) in [5.41, 5.74) is 0. The lowest BCUT2D eigenvalue weighted by Crippen LogP contribution is -2.55. The predicted octanol–water partition coefficient (Wildman–Crippen LogP) is 0.450. The number of carbonyl (C=O) groups is 1. The number of nitrogens with zero attached hydrogens (tertiary/aromatic N) is 2. The number of esters is 1. The third kappa shape index (κ3) is 3.00. The number of nitrogens with one attached hydrogen (secondary N) is 1. The fraction of sp³-hybridized carbons (Fsp3) is 0.933. The molecule has 0 aliphatic carbocycles. The van der Waals surface area contributed by atoms with E-state index in [1.807, 2.05) is 6.92 Å². The maximum Gasteiger partial charge on any atom is 0.320 e. The molecule has 0 spiro atoms. The minimum Gasteiger partial charge on any atom is -0.465 e. The SMILES string of the molecule is CCOC(=O)CN1C2CC[C@@H]1CC(N1CCNCC1)C2. The number of hydrogen-bond donors (Lipinski definition) is 1. The molecule has 0 amide bonds. The van der Waals surface area contributed by atoms with Crippen LogP contribution < -0.4 is 5.32 Å². The average molecular weight is 281 g/mol. The van der Waals surface area contributed by atoms with Gasteiger partial charge in [0.1, 0.15) is 0 Å². The molecule has 5 heteroatoms. The van der Waals surface area contributed by atoms with Crippen LogP contribution in [0, 0.1) is 0 Å². The zero-order valence-corrected chi connectivity index (χ0v) is 12.5. The van der Waals surface area contributed by atoms with Crippen molar-refractivity contribution in [2.75, 3.05) is 39.3 Å². The number of piperidine rings is 1. The van der Waals surface area contributed by atoms with Gasteiger partial charge < -0.3 is 10.1 Å². The quantitative estimate of drug-likeness (QED) is 0.758. The highest BCUT2D eigenvalue weighted by molar-refractivity contribution is 5.71. The molecule has 20 heavy (non-hydrogen) atoms. The second-order valence-corrected chi connectivity index (χ2v) is 6.27. The lowest BCUT2D eigenvalue weighted by molar-refractivity contribution is -0.146. The van der Waals surface area contributed by atoms with Gasteiger partial charge in [0.15, 0.2) is 0 Å². The Bertz CT molecular complexity index is 330. The Morgan fingerprint density at radius 2 is 1.80 bits per heavy atom. The fourth-order valence-electron chi connectivity index (χ4n) is 4.20. The molecule has 3 fully saturated rings. The van der Waals surface area contributed by atoms with Crippen molar-refractivity contribution in [2.24, 2.45) is 0 Å². The highest BCUT2D eigenvalue weighted by Gasteiger charge is 2.43. The van der Waals surface area contributed by atoms with Gasteiger partial charge in [0.2, 0.25) is 0 Å². The molecule has 2 bridgehead atoms. The van der Waals surface area contributed by atoms with Crippen LogP contribution in [0.3, 0.4) is 0 Å². The van der Waals surface area contributed by atoms with Crippen molar-refractivity contribution in [3.63, 3.8) is 0 Å². The van der Waals surface area contributed by atoms with E-state index in [-0.39, 0.29) is 5.97 Å². The molecule has 0 aromatic rings. The molecule has 2 unspecified atom stereocenters. The van der Waals surface area contributed by atoms with Crippen LogP contribution in [0.4, 0.5) is 0 Å². The van der Waals surface area contributed by atoms with Crippen molar-refractivity contribution < 1.29 is 9.53 Å². The number of carbonyl (C=O) groups excluding carboxylic acids is 1. The number of fused-ring (bicyclic) bond motifs is 2. The van der Waals surface area contributed by atoms with E-state index in [1.165, 1.54) is 38.8 Å². The fourth-order valence-corrected chi connectivity index (χ4v) is 4.20. The Balaban J connectivity index is 1.56. The molecule has 1 N–H and O–H groups in total. The Labute approximate surface area is 121 Å². The number of ether oxygens (including phenoxy) is 1.